The van der Waals surface area contributed by atoms with Gasteiger partial charge in [0.05, 0.1) is 23.0 Å². The average Bonchev–Trinajstić information content (AvgIpc) is 2.76. The smallest absolute Gasteiger partial charge is 0.1000 e. The second-order valence-corrected chi connectivity index (χ2v) is 5.93. The zero-order chi connectivity index (χ0) is 13.0. The predicted octanol–water partition coefficient (Wildman–Crippen LogP) is 4.05. The van der Waals surface area contributed by atoms with E-state index in [1.807, 2.05) is 36.6 Å². The molecule has 2 rings (SSSR count). The molecule has 2 aromatic rings. The third-order valence-corrected chi connectivity index (χ3v) is 3.70. The number of hydrogen-bond acceptors (Lipinski definition) is 4. The third-order valence-electron chi connectivity index (χ3n) is 2.28. The van der Waals surface area contributed by atoms with E-state index in [-0.39, 0.29) is 0 Å². The van der Waals surface area contributed by atoms with Crippen LogP contribution in [0.15, 0.2) is 39.1 Å². The first-order valence-corrected chi connectivity index (χ1v) is 7.51. The summed E-state index contributed by atoms with van der Waals surface area (Å²) in [5.74, 6) is 0. The fourth-order valence-electron chi connectivity index (χ4n) is 1.56. The fraction of sp³-hybridized carbons (Fsp3) is 0.154. The molecule has 1 heterocycles. The Morgan fingerprint density at radius 1 is 1.56 bits per heavy atom. The van der Waals surface area contributed by atoms with Crippen molar-refractivity contribution in [2.75, 3.05) is 6.54 Å². The predicted molar refractivity (Wildman–Crippen MR) is 85.2 cm³/mol. The summed E-state index contributed by atoms with van der Waals surface area (Å²) in [6.07, 6.45) is 0. The maximum Gasteiger partial charge on any atom is 0.1000 e. The summed E-state index contributed by atoms with van der Waals surface area (Å²) < 4.78 is 1.03. The third kappa shape index (κ3) is 3.31. The van der Waals surface area contributed by atoms with E-state index in [2.05, 4.69) is 25.9 Å². The molecule has 0 radical (unpaired) electrons. The van der Waals surface area contributed by atoms with Gasteiger partial charge in [0.25, 0.3) is 0 Å². The van der Waals surface area contributed by atoms with Crippen molar-refractivity contribution in [1.82, 2.24) is 4.98 Å². The van der Waals surface area contributed by atoms with Gasteiger partial charge in [-0.1, -0.05) is 40.3 Å². The van der Waals surface area contributed by atoms with Crippen LogP contribution in [0, 0.1) is 6.92 Å². The van der Waals surface area contributed by atoms with E-state index >= 15 is 0 Å². The van der Waals surface area contributed by atoms with E-state index in [4.69, 9.17) is 12.2 Å². The summed E-state index contributed by atoms with van der Waals surface area (Å²) in [5.41, 5.74) is 2.85. The van der Waals surface area contributed by atoms with Crippen molar-refractivity contribution in [3.63, 3.8) is 0 Å². The summed E-state index contributed by atoms with van der Waals surface area (Å²) in [6, 6.07) is 8.05. The lowest BCUT2D eigenvalue weighted by Crippen LogP contribution is -2.05. The summed E-state index contributed by atoms with van der Waals surface area (Å²) in [4.78, 5) is 9.01. The second-order valence-electron chi connectivity index (χ2n) is 3.62. The maximum atomic E-state index is 4.84. The SMILES string of the molecule is Cc1nc(C(=NCC=S)c2cccc(Br)c2)cs1. The number of halogens is 1. The standard InChI is InChI=1S/C13H11BrN2S2/c1-9-16-12(8-18-9)13(15-5-6-17)10-3-2-4-11(14)7-10/h2-4,6-8H,5H2,1H3. The highest BCUT2D eigenvalue weighted by atomic mass is 79.9. The molecule has 0 aliphatic rings. The van der Waals surface area contributed by atoms with E-state index in [9.17, 15) is 0 Å². The Hall–Kier alpha value is -0.910. The van der Waals surface area contributed by atoms with Crippen LogP contribution >= 0.6 is 39.5 Å². The van der Waals surface area contributed by atoms with Gasteiger partial charge < -0.3 is 0 Å². The molecular weight excluding hydrogens is 328 g/mol. The summed E-state index contributed by atoms with van der Waals surface area (Å²) in [7, 11) is 0. The van der Waals surface area contributed by atoms with Crippen molar-refractivity contribution < 1.29 is 0 Å². The van der Waals surface area contributed by atoms with E-state index in [0.717, 1.165) is 26.4 Å². The molecule has 0 N–H and O–H groups in total. The van der Waals surface area contributed by atoms with Crippen molar-refractivity contribution >= 4 is 50.6 Å². The molecule has 0 unspecified atom stereocenters. The minimum atomic E-state index is 0.522. The van der Waals surface area contributed by atoms with Gasteiger partial charge in [-0.25, -0.2) is 4.98 Å². The van der Waals surface area contributed by atoms with Crippen LogP contribution in [0.4, 0.5) is 0 Å². The number of aliphatic imine (C=N–C) groups is 1. The molecule has 0 saturated heterocycles. The number of rotatable bonds is 4. The van der Waals surface area contributed by atoms with Crippen LogP contribution in [0.2, 0.25) is 0 Å². The molecule has 0 aliphatic heterocycles. The quantitative estimate of drug-likeness (QED) is 0.620. The molecule has 5 heteroatoms. The average molecular weight is 339 g/mol. The largest absolute Gasteiger partial charge is 0.277 e. The molecule has 0 bridgehead atoms. The molecular formula is C13H11BrN2S2. The van der Waals surface area contributed by atoms with Crippen molar-refractivity contribution in [3.05, 3.63) is 50.4 Å². The van der Waals surface area contributed by atoms with Crippen molar-refractivity contribution in [2.24, 2.45) is 4.99 Å². The van der Waals surface area contributed by atoms with Crippen molar-refractivity contribution in [1.29, 1.82) is 0 Å². The Morgan fingerprint density at radius 2 is 2.39 bits per heavy atom. The van der Waals surface area contributed by atoms with Gasteiger partial charge in [-0.2, -0.15) is 0 Å². The molecule has 0 fully saturated rings. The normalized spacial score (nSPS) is 11.6. The van der Waals surface area contributed by atoms with Crippen LogP contribution in [0.1, 0.15) is 16.3 Å². The highest BCUT2D eigenvalue weighted by Gasteiger charge is 2.10. The van der Waals surface area contributed by atoms with Gasteiger partial charge in [0.15, 0.2) is 0 Å². The van der Waals surface area contributed by atoms with Crippen LogP contribution < -0.4 is 0 Å². The highest BCUT2D eigenvalue weighted by Crippen LogP contribution is 2.18. The lowest BCUT2D eigenvalue weighted by atomic mass is 10.1. The Labute approximate surface area is 124 Å². The minimum Gasteiger partial charge on any atom is -0.277 e. The number of thiocarbonyl (C=S) groups is 1. The molecule has 0 spiro atoms. The summed E-state index contributed by atoms with van der Waals surface area (Å²) in [5, 5.41) is 4.69. The van der Waals surface area contributed by atoms with Crippen LogP contribution in [-0.2, 0) is 0 Å². The van der Waals surface area contributed by atoms with E-state index in [0.29, 0.717) is 6.54 Å². The van der Waals surface area contributed by atoms with Crippen LogP contribution in [0.5, 0.6) is 0 Å². The second kappa shape index (κ2) is 6.31. The molecule has 1 aromatic heterocycles. The minimum absolute atomic E-state index is 0.522. The van der Waals surface area contributed by atoms with Crippen LogP contribution in [-0.4, -0.2) is 22.6 Å². The highest BCUT2D eigenvalue weighted by molar-refractivity contribution is 9.10. The molecule has 2 nitrogen and oxygen atoms in total. The summed E-state index contributed by atoms with van der Waals surface area (Å²) >= 11 is 9.94. The van der Waals surface area contributed by atoms with Crippen LogP contribution in [0.25, 0.3) is 0 Å². The van der Waals surface area contributed by atoms with Gasteiger partial charge in [0.2, 0.25) is 0 Å². The van der Waals surface area contributed by atoms with E-state index in [1.54, 1.807) is 16.7 Å². The first kappa shape index (κ1) is 13.5. The van der Waals surface area contributed by atoms with Crippen LogP contribution in [0.3, 0.4) is 0 Å². The zero-order valence-corrected chi connectivity index (χ0v) is 13.0. The van der Waals surface area contributed by atoms with Crippen molar-refractivity contribution in [3.8, 4) is 0 Å². The van der Waals surface area contributed by atoms with Gasteiger partial charge in [-0.05, 0) is 19.1 Å². The first-order valence-electron chi connectivity index (χ1n) is 5.37. The van der Waals surface area contributed by atoms with E-state index in [1.165, 1.54) is 0 Å². The summed E-state index contributed by atoms with van der Waals surface area (Å²) in [6.45, 7) is 2.51. The molecule has 1 aromatic carbocycles. The Bertz CT molecular complexity index is 590. The molecule has 92 valence electrons. The van der Waals surface area contributed by atoms with Gasteiger partial charge >= 0.3 is 0 Å². The molecule has 18 heavy (non-hydrogen) atoms. The van der Waals surface area contributed by atoms with Gasteiger partial charge in [-0.3, -0.25) is 4.99 Å². The molecule has 0 aliphatic carbocycles. The number of benzene rings is 1. The Balaban J connectivity index is 2.46. The van der Waals surface area contributed by atoms with E-state index < -0.39 is 0 Å². The number of nitrogens with zero attached hydrogens (tertiary/aromatic N) is 2. The Kier molecular flexibility index (Phi) is 4.74. The number of aryl methyl sites for hydroxylation is 1. The first-order chi connectivity index (χ1) is 8.70. The number of hydrogen-bond donors (Lipinski definition) is 0. The monoisotopic (exact) mass is 338 g/mol. The topological polar surface area (TPSA) is 25.2 Å². The zero-order valence-electron chi connectivity index (χ0n) is 9.76. The van der Waals surface area contributed by atoms with Gasteiger partial charge in [0, 0.05) is 20.8 Å². The molecule has 0 saturated carbocycles. The fourth-order valence-corrected chi connectivity index (χ4v) is 2.63. The number of aromatic nitrogens is 1. The Morgan fingerprint density at radius 3 is 3.00 bits per heavy atom. The van der Waals surface area contributed by atoms with Gasteiger partial charge in [0.1, 0.15) is 0 Å². The van der Waals surface area contributed by atoms with Gasteiger partial charge in [-0.15, -0.1) is 11.3 Å². The molecule has 0 amide bonds. The maximum absolute atomic E-state index is 4.84. The number of thiazole rings is 1. The lowest BCUT2D eigenvalue weighted by molar-refractivity contribution is 1.24. The molecule has 0 atom stereocenters. The van der Waals surface area contributed by atoms with Crippen molar-refractivity contribution in [2.45, 2.75) is 6.92 Å². The lowest BCUT2D eigenvalue weighted by Gasteiger charge is -2.04.